The molecule has 3 heterocycles. The number of aromatic nitrogens is 1. The smallest absolute Gasteiger partial charge is 0.324 e. The Bertz CT molecular complexity index is 919. The second kappa shape index (κ2) is 4.93. The normalized spacial score (nSPS) is 23.2. The van der Waals surface area contributed by atoms with Crippen LogP contribution in [0.5, 0.6) is 0 Å². The van der Waals surface area contributed by atoms with Crippen molar-refractivity contribution in [2.75, 3.05) is 25.0 Å². The number of rotatable bonds is 1. The first kappa shape index (κ1) is 14.5. The fourth-order valence-corrected chi connectivity index (χ4v) is 3.58. The number of anilines is 1. The van der Waals surface area contributed by atoms with Crippen molar-refractivity contribution < 1.29 is 9.59 Å². The van der Waals surface area contributed by atoms with Crippen LogP contribution in [-0.4, -0.2) is 47.5 Å². The number of carbonyl (C=O) groups excluding carboxylic acids is 2. The van der Waals surface area contributed by atoms with E-state index >= 15 is 0 Å². The van der Waals surface area contributed by atoms with Gasteiger partial charge in [0.1, 0.15) is 11.6 Å². The maximum atomic E-state index is 12.5. The van der Waals surface area contributed by atoms with E-state index in [9.17, 15) is 14.9 Å². The van der Waals surface area contributed by atoms with Gasteiger partial charge in [-0.05, 0) is 12.5 Å². The van der Waals surface area contributed by atoms with Crippen molar-refractivity contribution in [2.45, 2.75) is 12.0 Å². The van der Waals surface area contributed by atoms with Gasteiger partial charge >= 0.3 is 6.03 Å². The van der Waals surface area contributed by atoms with Crippen molar-refractivity contribution in [2.24, 2.45) is 0 Å². The van der Waals surface area contributed by atoms with Crippen LogP contribution in [0.15, 0.2) is 30.5 Å². The van der Waals surface area contributed by atoms with Crippen molar-refractivity contribution in [1.29, 1.82) is 5.26 Å². The van der Waals surface area contributed by atoms with Crippen LogP contribution in [0.4, 0.5) is 10.5 Å². The van der Waals surface area contributed by atoms with Crippen LogP contribution in [0.1, 0.15) is 12.0 Å². The number of amides is 3. The van der Waals surface area contributed by atoms with Gasteiger partial charge in [0.25, 0.3) is 5.91 Å². The highest BCUT2D eigenvalue weighted by Crippen LogP contribution is 2.36. The molecule has 3 amide bonds. The topological polar surface area (TPSA) is 89.3 Å². The SMILES string of the molecule is CN1C(=O)NC2(CCN(c3c(C#N)cnc4ccccc34)C2)C1=O. The third-order valence-corrected chi connectivity index (χ3v) is 4.82. The lowest BCUT2D eigenvalue weighted by Gasteiger charge is -2.24. The Morgan fingerprint density at radius 1 is 1.33 bits per heavy atom. The number of carbonyl (C=O) groups is 2. The van der Waals surface area contributed by atoms with E-state index in [4.69, 9.17) is 0 Å². The van der Waals surface area contributed by atoms with E-state index in [1.165, 1.54) is 7.05 Å². The first-order valence-electron chi connectivity index (χ1n) is 7.69. The molecule has 2 aliphatic heterocycles. The fraction of sp³-hybridized carbons (Fsp3) is 0.294. The molecule has 0 radical (unpaired) electrons. The van der Waals surface area contributed by atoms with E-state index < -0.39 is 5.54 Å². The Morgan fingerprint density at radius 3 is 2.83 bits per heavy atom. The summed E-state index contributed by atoms with van der Waals surface area (Å²) in [6.45, 7) is 0.938. The monoisotopic (exact) mass is 321 g/mol. The Balaban J connectivity index is 1.79. The number of benzene rings is 1. The van der Waals surface area contributed by atoms with Crippen LogP contribution in [0, 0.1) is 11.3 Å². The van der Waals surface area contributed by atoms with E-state index in [1.54, 1.807) is 6.20 Å². The molecule has 1 spiro atoms. The Morgan fingerprint density at radius 2 is 2.12 bits per heavy atom. The number of imide groups is 1. The molecule has 0 aliphatic carbocycles. The molecule has 1 aromatic heterocycles. The van der Waals surface area contributed by atoms with Crippen LogP contribution in [0.3, 0.4) is 0 Å². The number of nitrogens with zero attached hydrogens (tertiary/aromatic N) is 4. The molecule has 2 saturated heterocycles. The van der Waals surface area contributed by atoms with Gasteiger partial charge in [0.2, 0.25) is 0 Å². The lowest BCUT2D eigenvalue weighted by Crippen LogP contribution is -2.49. The zero-order valence-corrected chi connectivity index (χ0v) is 13.1. The third-order valence-electron chi connectivity index (χ3n) is 4.82. The van der Waals surface area contributed by atoms with Crippen LogP contribution >= 0.6 is 0 Å². The molecule has 1 unspecified atom stereocenters. The quantitative estimate of drug-likeness (QED) is 0.798. The predicted octanol–water partition coefficient (Wildman–Crippen LogP) is 1.24. The minimum absolute atomic E-state index is 0.216. The minimum atomic E-state index is -0.900. The zero-order chi connectivity index (χ0) is 16.9. The Kier molecular flexibility index (Phi) is 2.97. The van der Waals surface area contributed by atoms with Gasteiger partial charge in [-0.3, -0.25) is 14.7 Å². The number of nitriles is 1. The summed E-state index contributed by atoms with van der Waals surface area (Å²) < 4.78 is 0. The van der Waals surface area contributed by atoms with Crippen LogP contribution < -0.4 is 10.2 Å². The average molecular weight is 321 g/mol. The van der Waals surface area contributed by atoms with Crippen LogP contribution in [0.2, 0.25) is 0 Å². The number of hydrogen-bond donors (Lipinski definition) is 1. The molecule has 2 aliphatic rings. The van der Waals surface area contributed by atoms with Gasteiger partial charge in [-0.2, -0.15) is 5.26 Å². The summed E-state index contributed by atoms with van der Waals surface area (Å²) in [7, 11) is 1.48. The summed E-state index contributed by atoms with van der Waals surface area (Å²) in [4.78, 5) is 31.8. The lowest BCUT2D eigenvalue weighted by molar-refractivity contribution is -0.129. The Hall–Kier alpha value is -3.14. The molecule has 7 nitrogen and oxygen atoms in total. The standard InChI is InChI=1S/C17H15N5O2/c1-21-15(23)17(20-16(21)24)6-7-22(10-17)14-11(8-18)9-19-13-5-3-2-4-12(13)14/h2-5,9H,6-7,10H2,1H3,(H,20,24). The minimum Gasteiger partial charge on any atom is -0.367 e. The van der Waals surface area contributed by atoms with Gasteiger partial charge in [-0.15, -0.1) is 0 Å². The maximum absolute atomic E-state index is 12.5. The predicted molar refractivity (Wildman–Crippen MR) is 87.3 cm³/mol. The number of urea groups is 1. The van der Waals surface area contributed by atoms with E-state index in [0.29, 0.717) is 25.1 Å². The molecule has 24 heavy (non-hydrogen) atoms. The summed E-state index contributed by atoms with van der Waals surface area (Å²) in [6.07, 6.45) is 2.08. The van der Waals surface area contributed by atoms with Gasteiger partial charge in [-0.1, -0.05) is 18.2 Å². The van der Waals surface area contributed by atoms with Gasteiger partial charge in [0.15, 0.2) is 0 Å². The van der Waals surface area contributed by atoms with Crippen LogP contribution in [0.25, 0.3) is 10.9 Å². The van der Waals surface area contributed by atoms with Crippen molar-refractivity contribution in [3.63, 3.8) is 0 Å². The highest BCUT2D eigenvalue weighted by atomic mass is 16.2. The number of hydrogen-bond acceptors (Lipinski definition) is 5. The molecule has 0 bridgehead atoms. The molecule has 1 atom stereocenters. The largest absolute Gasteiger partial charge is 0.367 e. The second-order valence-electron chi connectivity index (χ2n) is 6.20. The van der Waals surface area contributed by atoms with E-state index in [0.717, 1.165) is 21.5 Å². The third kappa shape index (κ3) is 1.86. The Labute approximate surface area is 138 Å². The van der Waals surface area contributed by atoms with E-state index in [-0.39, 0.29) is 11.9 Å². The summed E-state index contributed by atoms with van der Waals surface area (Å²) in [6, 6.07) is 9.42. The van der Waals surface area contributed by atoms with Gasteiger partial charge in [-0.25, -0.2) is 4.79 Å². The number of fused-ring (bicyclic) bond motifs is 1. The molecule has 1 N–H and O–H groups in total. The van der Waals surface area contributed by atoms with Crippen molar-refractivity contribution >= 4 is 28.5 Å². The summed E-state index contributed by atoms with van der Waals surface area (Å²) in [5.74, 6) is -0.216. The molecule has 7 heteroatoms. The molecule has 0 saturated carbocycles. The second-order valence-corrected chi connectivity index (χ2v) is 6.20. The van der Waals surface area contributed by atoms with Crippen molar-refractivity contribution in [3.05, 3.63) is 36.0 Å². The first-order chi connectivity index (χ1) is 11.6. The molecule has 2 fully saturated rings. The summed E-state index contributed by atoms with van der Waals surface area (Å²) >= 11 is 0. The van der Waals surface area contributed by atoms with Crippen molar-refractivity contribution in [1.82, 2.24) is 15.2 Å². The average Bonchev–Trinajstić information content (AvgIpc) is 3.11. The van der Waals surface area contributed by atoms with Crippen molar-refractivity contribution in [3.8, 4) is 6.07 Å². The molecule has 1 aromatic carbocycles. The van der Waals surface area contributed by atoms with Crippen LogP contribution in [-0.2, 0) is 4.79 Å². The fourth-order valence-electron chi connectivity index (χ4n) is 3.58. The summed E-state index contributed by atoms with van der Waals surface area (Å²) in [5.41, 5.74) is 1.14. The highest BCUT2D eigenvalue weighted by Gasteiger charge is 2.53. The molecule has 2 aromatic rings. The summed E-state index contributed by atoms with van der Waals surface area (Å²) in [5, 5.41) is 13.2. The zero-order valence-electron chi connectivity index (χ0n) is 13.1. The molecular formula is C17H15N5O2. The molecular weight excluding hydrogens is 306 g/mol. The number of likely N-dealkylation sites (N-methyl/N-ethyl adjacent to an activating group) is 1. The first-order valence-corrected chi connectivity index (χ1v) is 7.69. The number of nitrogens with one attached hydrogen (secondary N) is 1. The lowest BCUT2D eigenvalue weighted by atomic mass is 9.99. The molecule has 4 rings (SSSR count). The van der Waals surface area contributed by atoms with Gasteiger partial charge in [0, 0.05) is 25.2 Å². The highest BCUT2D eigenvalue weighted by molar-refractivity contribution is 6.08. The number of para-hydroxylation sites is 1. The van der Waals surface area contributed by atoms with Gasteiger partial charge < -0.3 is 10.2 Å². The van der Waals surface area contributed by atoms with E-state index in [2.05, 4.69) is 16.4 Å². The van der Waals surface area contributed by atoms with Gasteiger partial charge in [0.05, 0.1) is 23.3 Å². The maximum Gasteiger partial charge on any atom is 0.324 e. The number of pyridine rings is 1. The van der Waals surface area contributed by atoms with E-state index in [1.807, 2.05) is 29.2 Å². The molecule has 120 valence electrons.